The quantitative estimate of drug-likeness (QED) is 0.592. The summed E-state index contributed by atoms with van der Waals surface area (Å²) in [4.78, 5) is 24.7. The number of benzene rings is 1. The van der Waals surface area contributed by atoms with Crippen LogP contribution < -0.4 is 0 Å². The second-order valence-electron chi connectivity index (χ2n) is 4.61. The number of hydrogen-bond donors (Lipinski definition) is 0. The largest absolute Gasteiger partial charge is 0.482 e. The van der Waals surface area contributed by atoms with Crippen LogP contribution in [0.25, 0.3) is 0 Å². The van der Waals surface area contributed by atoms with Crippen molar-refractivity contribution < 1.29 is 23.8 Å². The van der Waals surface area contributed by atoms with Gasteiger partial charge >= 0.3 is 5.97 Å². The lowest BCUT2D eigenvalue weighted by Gasteiger charge is -2.30. The minimum absolute atomic E-state index is 0.226. The Bertz CT molecular complexity index is 527. The predicted molar refractivity (Wildman–Crippen MR) is 75.4 cm³/mol. The minimum atomic E-state index is -1.29. The lowest BCUT2D eigenvalue weighted by Crippen LogP contribution is -2.47. The van der Waals surface area contributed by atoms with E-state index in [1.54, 1.807) is 25.1 Å². The normalized spacial score (nSPS) is 21.6. The molecule has 0 saturated heterocycles. The summed E-state index contributed by atoms with van der Waals surface area (Å²) in [6, 6.07) is 9.08. The molecule has 1 aromatic rings. The Labute approximate surface area is 123 Å². The first-order valence-electron chi connectivity index (χ1n) is 6.78. The zero-order valence-electron chi connectivity index (χ0n) is 12.1. The number of carbonyl (C=O) groups is 2. The molecular weight excluding hydrogens is 272 g/mol. The summed E-state index contributed by atoms with van der Waals surface area (Å²) in [7, 11) is 1.23. The first-order chi connectivity index (χ1) is 10.2. The highest BCUT2D eigenvalue weighted by atomic mass is 16.6. The van der Waals surface area contributed by atoms with E-state index < -0.39 is 23.5 Å². The van der Waals surface area contributed by atoms with Crippen molar-refractivity contribution in [3.05, 3.63) is 48.2 Å². The standard InChI is InChI=1S/C16H18O5/c1-3-20-13(15(18)19-2)14(17)16(10-7-11-21-16)12-8-5-4-6-9-12/h4-9,11,13H,3,10H2,1-2H3. The van der Waals surface area contributed by atoms with Crippen LogP contribution in [0.1, 0.15) is 18.9 Å². The van der Waals surface area contributed by atoms with Crippen molar-refractivity contribution in [3.8, 4) is 0 Å². The monoisotopic (exact) mass is 290 g/mol. The summed E-state index contributed by atoms with van der Waals surface area (Å²) >= 11 is 0. The van der Waals surface area contributed by atoms with E-state index in [9.17, 15) is 9.59 Å². The van der Waals surface area contributed by atoms with Crippen LogP contribution in [0.15, 0.2) is 42.7 Å². The van der Waals surface area contributed by atoms with Gasteiger partial charge in [-0.25, -0.2) is 4.79 Å². The Kier molecular flexibility index (Phi) is 4.75. The van der Waals surface area contributed by atoms with Crippen molar-refractivity contribution in [2.45, 2.75) is 25.0 Å². The van der Waals surface area contributed by atoms with E-state index in [-0.39, 0.29) is 6.61 Å². The third-order valence-electron chi connectivity index (χ3n) is 3.40. The van der Waals surface area contributed by atoms with Crippen molar-refractivity contribution in [2.75, 3.05) is 13.7 Å². The van der Waals surface area contributed by atoms with E-state index in [4.69, 9.17) is 9.47 Å². The average Bonchev–Trinajstić information content (AvgIpc) is 3.03. The van der Waals surface area contributed by atoms with E-state index in [0.29, 0.717) is 12.0 Å². The van der Waals surface area contributed by atoms with Gasteiger partial charge in [0.1, 0.15) is 0 Å². The zero-order valence-corrected chi connectivity index (χ0v) is 12.1. The lowest BCUT2D eigenvalue weighted by atomic mass is 9.84. The number of rotatable bonds is 6. The maximum absolute atomic E-state index is 12.9. The van der Waals surface area contributed by atoms with E-state index in [0.717, 1.165) is 0 Å². The highest BCUT2D eigenvalue weighted by molar-refractivity contribution is 6.06. The van der Waals surface area contributed by atoms with Gasteiger partial charge in [0.15, 0.2) is 5.60 Å². The van der Waals surface area contributed by atoms with Crippen LogP contribution >= 0.6 is 0 Å². The van der Waals surface area contributed by atoms with Crippen LogP contribution in [0.3, 0.4) is 0 Å². The molecule has 0 aliphatic carbocycles. The van der Waals surface area contributed by atoms with Crippen molar-refractivity contribution >= 4 is 11.8 Å². The van der Waals surface area contributed by atoms with Gasteiger partial charge in [0.2, 0.25) is 11.9 Å². The summed E-state index contributed by atoms with van der Waals surface area (Å²) in [5.74, 6) is -1.17. The molecular formula is C16H18O5. The van der Waals surface area contributed by atoms with Gasteiger partial charge in [0.05, 0.1) is 13.4 Å². The van der Waals surface area contributed by atoms with Gasteiger partial charge in [-0.3, -0.25) is 4.79 Å². The number of carbonyl (C=O) groups excluding carboxylic acids is 2. The molecule has 0 saturated carbocycles. The molecule has 0 amide bonds. The Morgan fingerprint density at radius 3 is 2.57 bits per heavy atom. The van der Waals surface area contributed by atoms with Crippen LogP contribution in [0.4, 0.5) is 0 Å². The first kappa shape index (κ1) is 15.3. The number of methoxy groups -OCH3 is 1. The maximum atomic E-state index is 12.9. The molecule has 1 aliphatic heterocycles. The van der Waals surface area contributed by atoms with E-state index in [2.05, 4.69) is 4.74 Å². The minimum Gasteiger partial charge on any atom is -0.482 e. The van der Waals surface area contributed by atoms with Crippen LogP contribution in [-0.2, 0) is 29.4 Å². The van der Waals surface area contributed by atoms with Crippen LogP contribution in [-0.4, -0.2) is 31.6 Å². The molecule has 0 spiro atoms. The van der Waals surface area contributed by atoms with Gasteiger partial charge in [0.25, 0.3) is 0 Å². The number of ketones is 1. The number of Topliss-reactive ketones (excluding diaryl/α,β-unsaturated/α-hetero) is 1. The van der Waals surface area contributed by atoms with E-state index in [1.807, 2.05) is 18.2 Å². The van der Waals surface area contributed by atoms with Crippen molar-refractivity contribution in [1.82, 2.24) is 0 Å². The SMILES string of the molecule is CCOC(C(=O)OC)C(=O)C1(c2ccccc2)CC=CO1. The van der Waals surface area contributed by atoms with Gasteiger partial charge < -0.3 is 14.2 Å². The Hall–Kier alpha value is -2.14. The second kappa shape index (κ2) is 6.54. The van der Waals surface area contributed by atoms with Crippen molar-refractivity contribution in [3.63, 3.8) is 0 Å². The fourth-order valence-electron chi connectivity index (χ4n) is 2.36. The van der Waals surface area contributed by atoms with Crippen LogP contribution in [0.2, 0.25) is 0 Å². The molecule has 1 aromatic carbocycles. The van der Waals surface area contributed by atoms with Gasteiger partial charge in [-0.05, 0) is 13.0 Å². The Morgan fingerprint density at radius 1 is 1.33 bits per heavy atom. The predicted octanol–water partition coefficient (Wildman–Crippen LogP) is 1.96. The lowest BCUT2D eigenvalue weighted by molar-refractivity contribution is -0.167. The Balaban J connectivity index is 2.38. The molecule has 5 nitrogen and oxygen atoms in total. The summed E-state index contributed by atoms with van der Waals surface area (Å²) in [6.45, 7) is 1.94. The van der Waals surface area contributed by atoms with Crippen molar-refractivity contribution in [1.29, 1.82) is 0 Å². The van der Waals surface area contributed by atoms with Crippen LogP contribution in [0.5, 0.6) is 0 Å². The summed E-state index contributed by atoms with van der Waals surface area (Å²) < 4.78 is 15.5. The van der Waals surface area contributed by atoms with Gasteiger partial charge in [0, 0.05) is 18.6 Å². The van der Waals surface area contributed by atoms with E-state index in [1.165, 1.54) is 13.4 Å². The molecule has 21 heavy (non-hydrogen) atoms. The number of hydrogen-bond acceptors (Lipinski definition) is 5. The molecule has 0 N–H and O–H groups in total. The van der Waals surface area contributed by atoms with Gasteiger partial charge in [-0.15, -0.1) is 0 Å². The number of esters is 1. The Morgan fingerprint density at radius 2 is 2.05 bits per heavy atom. The smallest absolute Gasteiger partial charge is 0.342 e. The van der Waals surface area contributed by atoms with E-state index >= 15 is 0 Å². The molecule has 0 aromatic heterocycles. The molecule has 0 radical (unpaired) electrons. The molecule has 5 heteroatoms. The molecule has 1 aliphatic rings. The van der Waals surface area contributed by atoms with Crippen molar-refractivity contribution in [2.24, 2.45) is 0 Å². The summed E-state index contributed by atoms with van der Waals surface area (Å²) in [5.41, 5.74) is -0.538. The average molecular weight is 290 g/mol. The fraction of sp³-hybridized carbons (Fsp3) is 0.375. The third-order valence-corrected chi connectivity index (χ3v) is 3.40. The molecule has 2 rings (SSSR count). The van der Waals surface area contributed by atoms with Crippen LogP contribution in [0, 0.1) is 0 Å². The molecule has 112 valence electrons. The molecule has 1 heterocycles. The van der Waals surface area contributed by atoms with Gasteiger partial charge in [-0.2, -0.15) is 0 Å². The first-order valence-corrected chi connectivity index (χ1v) is 6.78. The fourth-order valence-corrected chi connectivity index (χ4v) is 2.36. The maximum Gasteiger partial charge on any atom is 0.342 e. The molecule has 0 bridgehead atoms. The summed E-state index contributed by atoms with van der Waals surface area (Å²) in [6.07, 6.45) is 2.30. The highest BCUT2D eigenvalue weighted by Gasteiger charge is 2.49. The molecule has 2 atom stereocenters. The molecule has 2 unspecified atom stereocenters. The second-order valence-corrected chi connectivity index (χ2v) is 4.61. The molecule has 0 fully saturated rings. The summed E-state index contributed by atoms with van der Waals surface area (Å²) in [5, 5.41) is 0. The topological polar surface area (TPSA) is 61.8 Å². The highest BCUT2D eigenvalue weighted by Crippen LogP contribution is 2.37. The van der Waals surface area contributed by atoms with Gasteiger partial charge in [-0.1, -0.05) is 30.3 Å². The number of ether oxygens (including phenoxy) is 3. The zero-order chi connectivity index (χ0) is 15.3. The third kappa shape index (κ3) is 2.83.